The van der Waals surface area contributed by atoms with Crippen LogP contribution in [0.2, 0.25) is 0 Å². The molecule has 0 unspecified atom stereocenters. The van der Waals surface area contributed by atoms with E-state index in [1.54, 1.807) is 0 Å². The first-order valence-corrected chi connectivity index (χ1v) is 4.95. The first-order chi connectivity index (χ1) is 7.20. The van der Waals surface area contributed by atoms with E-state index in [-0.39, 0.29) is 32.7 Å². The number of rotatable bonds is 0. The zero-order chi connectivity index (χ0) is 11.1. The number of aryl methyl sites for hydroxylation is 1. The number of hydrogen-bond acceptors (Lipinski definition) is 0. The first-order valence-electron chi connectivity index (χ1n) is 4.95. The molecule has 2 rings (SSSR count). The van der Waals surface area contributed by atoms with Gasteiger partial charge in [-0.15, -0.1) is 24.3 Å². The van der Waals surface area contributed by atoms with Gasteiger partial charge >= 0.3 is 32.7 Å². The Morgan fingerprint density at radius 1 is 0.750 bits per heavy atom. The van der Waals surface area contributed by atoms with Crippen LogP contribution in [-0.2, 0) is 32.7 Å². The standard InChI is InChI=1S/C8H9.C7H7.Y/c1-7-5-3-4-6-8(7)2;1-7-5-3-2-4-6-7;/h3-6H,1H2,2H3;2-6H,1H2;/q2*-1;+3. The quantitative estimate of drug-likeness (QED) is 0.641. The SMILES string of the molecule is [CH2-]c1ccccc1.[CH2-]c1ccccc1C.[Y+3]. The molecule has 0 amide bonds. The molecule has 0 aromatic heterocycles. The summed E-state index contributed by atoms with van der Waals surface area (Å²) in [7, 11) is 0. The van der Waals surface area contributed by atoms with Crippen molar-refractivity contribution in [2.45, 2.75) is 6.92 Å². The van der Waals surface area contributed by atoms with Crippen LogP contribution in [0.4, 0.5) is 0 Å². The Kier molecular flexibility index (Phi) is 8.06. The minimum atomic E-state index is 0. The fourth-order valence-electron chi connectivity index (χ4n) is 1.09. The van der Waals surface area contributed by atoms with Crippen LogP contribution >= 0.6 is 0 Å². The molecule has 0 N–H and O–H groups in total. The van der Waals surface area contributed by atoms with E-state index in [0.717, 1.165) is 11.1 Å². The zero-order valence-electron chi connectivity index (χ0n) is 9.69. The maximum atomic E-state index is 3.82. The molecule has 0 nitrogen and oxygen atoms in total. The molecule has 16 heavy (non-hydrogen) atoms. The monoisotopic (exact) mass is 285 g/mol. The topological polar surface area (TPSA) is 0 Å². The van der Waals surface area contributed by atoms with E-state index in [4.69, 9.17) is 0 Å². The van der Waals surface area contributed by atoms with Crippen molar-refractivity contribution in [3.8, 4) is 0 Å². The van der Waals surface area contributed by atoms with Gasteiger partial charge in [0.1, 0.15) is 0 Å². The Morgan fingerprint density at radius 2 is 1.25 bits per heavy atom. The molecule has 0 atom stereocenters. The van der Waals surface area contributed by atoms with Crippen LogP contribution in [0.3, 0.4) is 0 Å². The van der Waals surface area contributed by atoms with E-state index in [9.17, 15) is 0 Å². The molecule has 0 saturated heterocycles. The van der Waals surface area contributed by atoms with Crippen LogP contribution in [0.25, 0.3) is 0 Å². The van der Waals surface area contributed by atoms with Crippen molar-refractivity contribution in [1.29, 1.82) is 0 Å². The maximum Gasteiger partial charge on any atom is 3.00 e. The second-order valence-electron chi connectivity index (χ2n) is 3.41. The van der Waals surface area contributed by atoms with E-state index in [2.05, 4.69) is 26.8 Å². The summed E-state index contributed by atoms with van der Waals surface area (Å²) in [4.78, 5) is 0. The molecule has 0 saturated carbocycles. The molecular weight excluding hydrogens is 269 g/mol. The molecule has 2 aromatic carbocycles. The van der Waals surface area contributed by atoms with Crippen molar-refractivity contribution in [3.63, 3.8) is 0 Å². The van der Waals surface area contributed by atoms with Crippen molar-refractivity contribution in [1.82, 2.24) is 0 Å². The van der Waals surface area contributed by atoms with E-state index >= 15 is 0 Å². The van der Waals surface area contributed by atoms with E-state index in [0.29, 0.717) is 0 Å². The van der Waals surface area contributed by atoms with Crippen LogP contribution < -0.4 is 0 Å². The van der Waals surface area contributed by atoms with Gasteiger partial charge in [0.2, 0.25) is 0 Å². The van der Waals surface area contributed by atoms with Gasteiger partial charge in [-0.25, -0.2) is 0 Å². The fourth-order valence-corrected chi connectivity index (χ4v) is 1.09. The van der Waals surface area contributed by atoms with E-state index in [1.807, 2.05) is 48.5 Å². The van der Waals surface area contributed by atoms with Crippen LogP contribution in [0.1, 0.15) is 16.7 Å². The smallest absolute Gasteiger partial charge is 0.199 e. The number of benzene rings is 2. The molecule has 0 bridgehead atoms. The van der Waals surface area contributed by atoms with Crippen molar-refractivity contribution in [2.75, 3.05) is 0 Å². The van der Waals surface area contributed by atoms with Gasteiger partial charge in [0.25, 0.3) is 0 Å². The third kappa shape index (κ3) is 6.00. The Balaban J connectivity index is 0.000000267. The van der Waals surface area contributed by atoms with Gasteiger partial charge in [0.05, 0.1) is 0 Å². The summed E-state index contributed by atoms with van der Waals surface area (Å²) < 4.78 is 0. The molecule has 0 aliphatic carbocycles. The average Bonchev–Trinajstić information content (AvgIpc) is 2.25. The Morgan fingerprint density at radius 3 is 1.56 bits per heavy atom. The predicted octanol–water partition coefficient (Wildman–Crippen LogP) is 4.04. The van der Waals surface area contributed by atoms with Gasteiger partial charge in [0, 0.05) is 0 Å². The van der Waals surface area contributed by atoms with Gasteiger partial charge in [-0.3, -0.25) is 0 Å². The van der Waals surface area contributed by atoms with Crippen LogP contribution in [0, 0.1) is 20.8 Å². The molecule has 2 aromatic rings. The summed E-state index contributed by atoms with van der Waals surface area (Å²) in [6.07, 6.45) is 0. The number of hydrogen-bond donors (Lipinski definition) is 0. The van der Waals surface area contributed by atoms with Gasteiger partial charge in [-0.05, 0) is 0 Å². The molecule has 0 aliphatic heterocycles. The Labute approximate surface area is 124 Å². The molecule has 0 spiro atoms. The van der Waals surface area contributed by atoms with Gasteiger partial charge in [-0.2, -0.15) is 48.7 Å². The minimum Gasteiger partial charge on any atom is -0.199 e. The van der Waals surface area contributed by atoms with Crippen molar-refractivity contribution >= 4 is 0 Å². The third-order valence-corrected chi connectivity index (χ3v) is 2.10. The van der Waals surface area contributed by atoms with Crippen LogP contribution in [-0.4, -0.2) is 0 Å². The second-order valence-corrected chi connectivity index (χ2v) is 3.41. The van der Waals surface area contributed by atoms with Crippen molar-refractivity contribution in [3.05, 3.63) is 85.1 Å². The normalized spacial score (nSPS) is 8.31. The average molecular weight is 285 g/mol. The predicted molar refractivity (Wildman–Crippen MR) is 66.5 cm³/mol. The van der Waals surface area contributed by atoms with Crippen LogP contribution in [0.15, 0.2) is 54.6 Å². The van der Waals surface area contributed by atoms with Crippen LogP contribution in [0.5, 0.6) is 0 Å². The zero-order valence-corrected chi connectivity index (χ0v) is 12.5. The summed E-state index contributed by atoms with van der Waals surface area (Å²) in [6, 6.07) is 18.0. The van der Waals surface area contributed by atoms with Gasteiger partial charge < -0.3 is 0 Å². The molecule has 0 heterocycles. The molecule has 0 fully saturated rings. The largest absolute Gasteiger partial charge is 3.00 e. The maximum absolute atomic E-state index is 3.82. The Hall–Kier alpha value is -0.716. The summed E-state index contributed by atoms with van der Waals surface area (Å²) in [6.45, 7) is 9.60. The van der Waals surface area contributed by atoms with Crippen molar-refractivity contribution < 1.29 is 32.7 Å². The molecule has 1 heteroatoms. The van der Waals surface area contributed by atoms with Crippen molar-refractivity contribution in [2.24, 2.45) is 0 Å². The van der Waals surface area contributed by atoms with E-state index in [1.165, 1.54) is 5.56 Å². The minimum absolute atomic E-state index is 0. The summed E-state index contributed by atoms with van der Waals surface area (Å²) in [5.74, 6) is 0. The van der Waals surface area contributed by atoms with E-state index < -0.39 is 0 Å². The Bertz CT molecular complexity index is 372. The molecular formula is C15H16Y+. The summed E-state index contributed by atoms with van der Waals surface area (Å²) in [5, 5.41) is 0. The first kappa shape index (κ1) is 15.3. The third-order valence-electron chi connectivity index (χ3n) is 2.10. The van der Waals surface area contributed by atoms with Gasteiger partial charge in [-0.1, -0.05) is 19.1 Å². The molecule has 0 radical (unpaired) electrons. The summed E-state index contributed by atoms with van der Waals surface area (Å²) in [5.41, 5.74) is 3.45. The summed E-state index contributed by atoms with van der Waals surface area (Å²) >= 11 is 0. The van der Waals surface area contributed by atoms with Gasteiger partial charge in [0.15, 0.2) is 0 Å². The molecule has 78 valence electrons. The fraction of sp³-hybridized carbons (Fsp3) is 0.0667. The second kappa shape index (κ2) is 8.44. The molecule has 0 aliphatic rings.